The third-order valence-corrected chi connectivity index (χ3v) is 2.14. The lowest BCUT2D eigenvalue weighted by Gasteiger charge is -2.09. The fourth-order valence-electron chi connectivity index (χ4n) is 1.11. The van der Waals surface area contributed by atoms with Crippen LogP contribution in [0.3, 0.4) is 0 Å². The summed E-state index contributed by atoms with van der Waals surface area (Å²) in [5.41, 5.74) is 8.68. The van der Waals surface area contributed by atoms with Crippen molar-refractivity contribution in [2.24, 2.45) is 5.73 Å². The van der Waals surface area contributed by atoms with Gasteiger partial charge in [0.25, 0.3) is 0 Å². The van der Waals surface area contributed by atoms with E-state index in [0.717, 1.165) is 5.56 Å². The average molecular weight is 237 g/mol. The van der Waals surface area contributed by atoms with Crippen molar-refractivity contribution in [2.45, 2.75) is 41.2 Å². The van der Waals surface area contributed by atoms with Gasteiger partial charge in [0.2, 0.25) is 0 Å². The standard InChI is InChI=1S/C10H15NO.C2H6.C2H2.CH4/c1-7-3-4-9(5-8(7)2)10(12)6-11;2*1-2;/h3-5,10,12H,6,11H2,1-2H3;1-2H3;1-2H;1H4/t10-;;;/m1.../s1. The maximum atomic E-state index is 9.42. The summed E-state index contributed by atoms with van der Waals surface area (Å²) in [7, 11) is 0. The number of benzene rings is 1. The highest BCUT2D eigenvalue weighted by Crippen LogP contribution is 2.15. The third kappa shape index (κ3) is 7.57. The topological polar surface area (TPSA) is 46.2 Å². The Hall–Kier alpha value is -1.30. The Morgan fingerprint density at radius 3 is 2.00 bits per heavy atom. The van der Waals surface area contributed by atoms with Gasteiger partial charge in [0.05, 0.1) is 6.10 Å². The van der Waals surface area contributed by atoms with Gasteiger partial charge in [0, 0.05) is 6.54 Å². The number of rotatable bonds is 2. The Morgan fingerprint density at radius 1 is 1.18 bits per heavy atom. The Bertz CT molecular complexity index is 305. The van der Waals surface area contributed by atoms with E-state index in [2.05, 4.69) is 12.8 Å². The molecule has 0 aliphatic carbocycles. The van der Waals surface area contributed by atoms with Crippen molar-refractivity contribution in [1.29, 1.82) is 0 Å². The fourth-order valence-corrected chi connectivity index (χ4v) is 1.11. The molecule has 1 aromatic carbocycles. The number of terminal acetylenes is 1. The molecule has 2 heteroatoms. The van der Waals surface area contributed by atoms with Gasteiger partial charge in [-0.2, -0.15) is 0 Å². The fraction of sp³-hybridized carbons (Fsp3) is 0.467. The molecule has 0 fully saturated rings. The smallest absolute Gasteiger partial charge is 0.0912 e. The summed E-state index contributed by atoms with van der Waals surface area (Å²) in [5, 5.41) is 9.42. The minimum atomic E-state index is -0.524. The SMILES string of the molecule is C.C#C.CC.Cc1ccc([C@H](O)CN)cc1C. The molecule has 0 heterocycles. The Labute approximate surface area is 107 Å². The summed E-state index contributed by atoms with van der Waals surface area (Å²) in [6.07, 6.45) is 7.48. The molecule has 3 N–H and O–H groups in total. The molecule has 98 valence electrons. The van der Waals surface area contributed by atoms with E-state index in [4.69, 9.17) is 5.73 Å². The first kappa shape index (κ1) is 21.0. The van der Waals surface area contributed by atoms with Gasteiger partial charge in [-0.3, -0.25) is 0 Å². The summed E-state index contributed by atoms with van der Waals surface area (Å²) < 4.78 is 0. The highest BCUT2D eigenvalue weighted by Gasteiger charge is 2.04. The van der Waals surface area contributed by atoms with Crippen molar-refractivity contribution >= 4 is 0 Å². The second-order valence-electron chi connectivity index (χ2n) is 3.10. The van der Waals surface area contributed by atoms with Crippen LogP contribution in [0, 0.1) is 26.7 Å². The largest absolute Gasteiger partial charge is 0.387 e. The molecule has 0 saturated heterocycles. The van der Waals surface area contributed by atoms with Crippen molar-refractivity contribution < 1.29 is 5.11 Å². The predicted molar refractivity (Wildman–Crippen MR) is 77.9 cm³/mol. The average Bonchev–Trinajstić information content (AvgIpc) is 2.36. The molecule has 0 radical (unpaired) electrons. The van der Waals surface area contributed by atoms with E-state index in [9.17, 15) is 5.11 Å². The molecular formula is C15H27NO. The van der Waals surface area contributed by atoms with Gasteiger partial charge < -0.3 is 10.8 Å². The van der Waals surface area contributed by atoms with E-state index in [-0.39, 0.29) is 14.0 Å². The van der Waals surface area contributed by atoms with Crippen molar-refractivity contribution in [2.75, 3.05) is 6.54 Å². The molecule has 0 aliphatic heterocycles. The van der Waals surface area contributed by atoms with Crippen molar-refractivity contribution in [3.63, 3.8) is 0 Å². The minimum Gasteiger partial charge on any atom is -0.387 e. The number of nitrogens with two attached hydrogens (primary N) is 1. The van der Waals surface area contributed by atoms with Crippen LogP contribution in [0.5, 0.6) is 0 Å². The molecule has 0 aliphatic rings. The van der Waals surface area contributed by atoms with Crippen LogP contribution in [0.1, 0.15) is 44.1 Å². The first-order valence-electron chi connectivity index (χ1n) is 5.43. The normalized spacial score (nSPS) is 9.65. The molecule has 0 unspecified atom stereocenters. The quantitative estimate of drug-likeness (QED) is 0.776. The van der Waals surface area contributed by atoms with Gasteiger partial charge in [-0.25, -0.2) is 0 Å². The molecule has 0 saturated carbocycles. The zero-order valence-corrected chi connectivity index (χ0v) is 10.7. The van der Waals surface area contributed by atoms with Crippen LogP contribution in [0.25, 0.3) is 0 Å². The predicted octanol–water partition coefficient (Wildman–Crippen LogP) is 3.21. The van der Waals surface area contributed by atoms with Crippen LogP contribution in [-0.2, 0) is 0 Å². The second-order valence-corrected chi connectivity index (χ2v) is 3.10. The molecule has 0 aromatic heterocycles. The molecular weight excluding hydrogens is 210 g/mol. The summed E-state index contributed by atoms with van der Waals surface area (Å²) in [5.74, 6) is 0. The van der Waals surface area contributed by atoms with Crippen molar-refractivity contribution in [1.82, 2.24) is 0 Å². The number of aliphatic hydroxyl groups is 1. The summed E-state index contributed by atoms with van der Waals surface area (Å²) in [4.78, 5) is 0. The van der Waals surface area contributed by atoms with Crippen LogP contribution in [0.2, 0.25) is 0 Å². The van der Waals surface area contributed by atoms with E-state index in [1.807, 2.05) is 45.9 Å². The molecule has 17 heavy (non-hydrogen) atoms. The van der Waals surface area contributed by atoms with Crippen molar-refractivity contribution in [3.05, 3.63) is 34.9 Å². The highest BCUT2D eigenvalue weighted by molar-refractivity contribution is 5.31. The van der Waals surface area contributed by atoms with Crippen LogP contribution in [0.15, 0.2) is 18.2 Å². The van der Waals surface area contributed by atoms with Crippen LogP contribution >= 0.6 is 0 Å². The van der Waals surface area contributed by atoms with Crippen LogP contribution in [-0.4, -0.2) is 11.7 Å². The van der Waals surface area contributed by atoms with E-state index in [1.54, 1.807) is 0 Å². The lowest BCUT2D eigenvalue weighted by Crippen LogP contribution is -2.11. The van der Waals surface area contributed by atoms with Crippen molar-refractivity contribution in [3.8, 4) is 12.8 Å². The van der Waals surface area contributed by atoms with E-state index in [0.29, 0.717) is 0 Å². The number of aliphatic hydroxyl groups excluding tert-OH is 1. The zero-order valence-electron chi connectivity index (χ0n) is 10.7. The van der Waals surface area contributed by atoms with Gasteiger partial charge in [0.15, 0.2) is 0 Å². The zero-order chi connectivity index (χ0) is 13.1. The Kier molecular flexibility index (Phi) is 15.8. The lowest BCUT2D eigenvalue weighted by atomic mass is 10.0. The molecule has 0 spiro atoms. The maximum absolute atomic E-state index is 9.42. The van der Waals surface area contributed by atoms with E-state index in [1.165, 1.54) is 11.1 Å². The first-order valence-corrected chi connectivity index (χ1v) is 5.43. The maximum Gasteiger partial charge on any atom is 0.0912 e. The molecule has 1 rings (SSSR count). The van der Waals surface area contributed by atoms with Gasteiger partial charge >= 0.3 is 0 Å². The first-order chi connectivity index (χ1) is 7.65. The van der Waals surface area contributed by atoms with Gasteiger partial charge in [-0.1, -0.05) is 39.5 Å². The number of hydrogen-bond donors (Lipinski definition) is 2. The second kappa shape index (κ2) is 12.8. The number of hydrogen-bond acceptors (Lipinski definition) is 2. The summed E-state index contributed by atoms with van der Waals surface area (Å²) in [6.45, 7) is 8.36. The van der Waals surface area contributed by atoms with Gasteiger partial charge in [-0.05, 0) is 30.5 Å². The summed E-state index contributed by atoms with van der Waals surface area (Å²) >= 11 is 0. The Morgan fingerprint density at radius 2 is 1.65 bits per heavy atom. The monoisotopic (exact) mass is 237 g/mol. The highest BCUT2D eigenvalue weighted by atomic mass is 16.3. The van der Waals surface area contributed by atoms with E-state index < -0.39 is 6.10 Å². The molecule has 0 amide bonds. The van der Waals surface area contributed by atoms with Gasteiger partial charge in [0.1, 0.15) is 0 Å². The van der Waals surface area contributed by atoms with Crippen LogP contribution in [0.4, 0.5) is 0 Å². The van der Waals surface area contributed by atoms with Gasteiger partial charge in [-0.15, -0.1) is 12.8 Å². The lowest BCUT2D eigenvalue weighted by molar-refractivity contribution is 0.186. The molecule has 0 bridgehead atoms. The minimum absolute atomic E-state index is 0. The summed E-state index contributed by atoms with van der Waals surface area (Å²) in [6, 6.07) is 5.90. The number of aryl methyl sites for hydroxylation is 2. The third-order valence-electron chi connectivity index (χ3n) is 2.14. The molecule has 2 nitrogen and oxygen atoms in total. The molecule has 1 aromatic rings. The molecule has 1 atom stereocenters. The van der Waals surface area contributed by atoms with Crippen LogP contribution < -0.4 is 5.73 Å². The Balaban J connectivity index is -0.000000355. The van der Waals surface area contributed by atoms with E-state index >= 15 is 0 Å².